The Morgan fingerprint density at radius 3 is 2.13 bits per heavy atom. The van der Waals surface area contributed by atoms with Gasteiger partial charge in [-0.15, -0.1) is 0 Å². The summed E-state index contributed by atoms with van der Waals surface area (Å²) < 4.78 is 16.3. The van der Waals surface area contributed by atoms with Crippen molar-refractivity contribution in [1.29, 1.82) is 0 Å². The van der Waals surface area contributed by atoms with Crippen LogP contribution in [0, 0.1) is 5.41 Å². The fourth-order valence-electron chi connectivity index (χ4n) is 4.00. The average molecular weight is 433 g/mol. The summed E-state index contributed by atoms with van der Waals surface area (Å²) in [6.07, 6.45) is 10.2. The maximum atomic E-state index is 12.7. The summed E-state index contributed by atoms with van der Waals surface area (Å²) in [5, 5.41) is 0. The van der Waals surface area contributed by atoms with Crippen molar-refractivity contribution in [3.63, 3.8) is 0 Å². The van der Waals surface area contributed by atoms with E-state index in [2.05, 4.69) is 19.1 Å². The lowest BCUT2D eigenvalue weighted by molar-refractivity contribution is -0.174. The predicted molar refractivity (Wildman–Crippen MR) is 122 cm³/mol. The van der Waals surface area contributed by atoms with Crippen LogP contribution in [0.15, 0.2) is 24.3 Å². The number of hydrogen-bond donors (Lipinski definition) is 0. The first kappa shape index (κ1) is 25.2. The van der Waals surface area contributed by atoms with Crippen LogP contribution in [0.3, 0.4) is 0 Å². The molecule has 0 spiro atoms. The summed E-state index contributed by atoms with van der Waals surface area (Å²) >= 11 is 0. The molecule has 0 aromatic heterocycles. The van der Waals surface area contributed by atoms with E-state index in [1.807, 2.05) is 12.1 Å². The first-order valence-corrected chi connectivity index (χ1v) is 11.9. The Morgan fingerprint density at radius 2 is 1.52 bits per heavy atom. The third-order valence-corrected chi connectivity index (χ3v) is 6.29. The number of ether oxygens (including phenoxy) is 3. The van der Waals surface area contributed by atoms with Gasteiger partial charge < -0.3 is 14.2 Å². The third kappa shape index (κ3) is 7.86. The lowest BCUT2D eigenvalue weighted by Gasteiger charge is -2.31. The molecule has 174 valence electrons. The molecule has 31 heavy (non-hydrogen) atoms. The van der Waals surface area contributed by atoms with Crippen LogP contribution in [0.1, 0.15) is 96.5 Å². The van der Waals surface area contributed by atoms with Crippen LogP contribution in [0.25, 0.3) is 0 Å². The highest BCUT2D eigenvalue weighted by atomic mass is 16.6. The third-order valence-electron chi connectivity index (χ3n) is 6.29. The molecule has 0 radical (unpaired) electrons. The molecule has 1 aliphatic rings. The van der Waals surface area contributed by atoms with Gasteiger partial charge >= 0.3 is 11.9 Å². The van der Waals surface area contributed by atoms with E-state index < -0.39 is 17.4 Å². The highest BCUT2D eigenvalue weighted by molar-refractivity contribution is 5.99. The molecule has 0 heterocycles. The molecule has 1 aromatic rings. The summed E-state index contributed by atoms with van der Waals surface area (Å²) in [4.78, 5) is 25.1. The zero-order valence-corrected chi connectivity index (χ0v) is 19.8. The zero-order valence-electron chi connectivity index (χ0n) is 19.8. The minimum atomic E-state index is -1.27. The Hall–Kier alpha value is -2.04. The second-order valence-corrected chi connectivity index (χ2v) is 9.18. The number of carbonyl (C=O) groups excluding carboxylic acids is 2. The molecule has 1 aromatic carbocycles. The van der Waals surface area contributed by atoms with Gasteiger partial charge in [-0.3, -0.25) is 9.59 Å². The van der Waals surface area contributed by atoms with E-state index in [-0.39, 0.29) is 6.10 Å². The van der Waals surface area contributed by atoms with Gasteiger partial charge in [0.1, 0.15) is 11.9 Å². The van der Waals surface area contributed by atoms with Gasteiger partial charge in [-0.05, 0) is 69.6 Å². The highest BCUT2D eigenvalue weighted by Crippen LogP contribution is 2.35. The lowest BCUT2D eigenvalue weighted by Crippen LogP contribution is -2.39. The Labute approximate surface area is 187 Å². The Kier molecular flexibility index (Phi) is 10.4. The fraction of sp³-hybridized carbons (Fsp3) is 0.692. The van der Waals surface area contributed by atoms with Crippen LogP contribution in [-0.4, -0.2) is 31.8 Å². The number of rotatable bonds is 12. The summed E-state index contributed by atoms with van der Waals surface area (Å²) in [7, 11) is 1.67. The van der Waals surface area contributed by atoms with Crippen LogP contribution < -0.4 is 4.74 Å². The van der Waals surface area contributed by atoms with Crippen molar-refractivity contribution < 1.29 is 23.8 Å². The first-order valence-electron chi connectivity index (χ1n) is 11.9. The Bertz CT molecular complexity index is 672. The predicted octanol–water partition coefficient (Wildman–Crippen LogP) is 6.19. The molecule has 0 N–H and O–H groups in total. The lowest BCUT2D eigenvalue weighted by atomic mass is 9.82. The van der Waals surface area contributed by atoms with E-state index in [0.717, 1.165) is 50.7 Å². The van der Waals surface area contributed by atoms with Crippen molar-refractivity contribution >= 4 is 11.9 Å². The van der Waals surface area contributed by atoms with Crippen molar-refractivity contribution in [2.45, 2.75) is 97.0 Å². The van der Waals surface area contributed by atoms with Crippen molar-refractivity contribution in [3.8, 4) is 5.75 Å². The van der Waals surface area contributed by atoms with Crippen LogP contribution in [0.4, 0.5) is 0 Å². The maximum absolute atomic E-state index is 12.7. The van der Waals surface area contributed by atoms with Gasteiger partial charge in [0.25, 0.3) is 0 Å². The van der Waals surface area contributed by atoms with Gasteiger partial charge in [0.2, 0.25) is 0 Å². The van der Waals surface area contributed by atoms with Gasteiger partial charge in [0.05, 0.1) is 13.7 Å². The summed E-state index contributed by atoms with van der Waals surface area (Å²) in [6.45, 7) is 5.76. The Balaban J connectivity index is 1.71. The molecule has 0 aliphatic heterocycles. The van der Waals surface area contributed by atoms with Crippen LogP contribution >= 0.6 is 0 Å². The number of esters is 2. The molecule has 1 fully saturated rings. The van der Waals surface area contributed by atoms with Crippen LogP contribution in [0.5, 0.6) is 5.75 Å². The maximum Gasteiger partial charge on any atom is 0.323 e. The molecule has 0 atom stereocenters. The van der Waals surface area contributed by atoms with E-state index in [0.29, 0.717) is 12.5 Å². The normalized spacial score (nSPS) is 19.0. The smallest absolute Gasteiger partial charge is 0.323 e. The fourth-order valence-corrected chi connectivity index (χ4v) is 4.00. The second kappa shape index (κ2) is 12.7. The number of methoxy groups -OCH3 is 1. The molecular formula is C26H40O5. The van der Waals surface area contributed by atoms with E-state index >= 15 is 0 Å². The molecule has 0 saturated heterocycles. The number of carbonyl (C=O) groups is 2. The van der Waals surface area contributed by atoms with Gasteiger partial charge in [-0.25, -0.2) is 0 Å². The second-order valence-electron chi connectivity index (χ2n) is 9.18. The molecule has 1 saturated carbocycles. The number of unbranched alkanes of at least 4 members (excludes halogenated alkanes) is 5. The van der Waals surface area contributed by atoms with Crippen molar-refractivity contribution in [3.05, 3.63) is 29.8 Å². The van der Waals surface area contributed by atoms with E-state index in [9.17, 15) is 9.59 Å². The largest absolute Gasteiger partial charge is 0.497 e. The monoisotopic (exact) mass is 432 g/mol. The highest BCUT2D eigenvalue weighted by Gasteiger charge is 2.41. The molecule has 2 rings (SSSR count). The number of hydrogen-bond acceptors (Lipinski definition) is 5. The van der Waals surface area contributed by atoms with Gasteiger partial charge in [0, 0.05) is 0 Å². The molecule has 0 amide bonds. The van der Waals surface area contributed by atoms with Crippen molar-refractivity contribution in [1.82, 2.24) is 0 Å². The van der Waals surface area contributed by atoms with Crippen molar-refractivity contribution in [2.24, 2.45) is 5.41 Å². The van der Waals surface area contributed by atoms with E-state index in [4.69, 9.17) is 14.2 Å². The Morgan fingerprint density at radius 1 is 0.903 bits per heavy atom. The molecular weight excluding hydrogens is 392 g/mol. The zero-order chi connectivity index (χ0) is 22.7. The summed E-state index contributed by atoms with van der Waals surface area (Å²) in [6, 6.07) is 8.19. The molecule has 1 aliphatic carbocycles. The van der Waals surface area contributed by atoms with Crippen LogP contribution in [0.2, 0.25) is 0 Å². The SMILES string of the molecule is CCCCCCCCOC(=O)C(C)(C)C(=O)OC1CCC(c2ccc(OC)cc2)CC1. The molecule has 0 bridgehead atoms. The first-order chi connectivity index (χ1) is 14.9. The minimum Gasteiger partial charge on any atom is -0.497 e. The average Bonchev–Trinajstić information content (AvgIpc) is 2.78. The number of benzene rings is 1. The molecule has 5 nitrogen and oxygen atoms in total. The quantitative estimate of drug-likeness (QED) is 0.224. The topological polar surface area (TPSA) is 61.8 Å². The molecule has 0 unspecified atom stereocenters. The summed E-state index contributed by atoms with van der Waals surface area (Å²) in [5.41, 5.74) is 0.0267. The van der Waals surface area contributed by atoms with Crippen molar-refractivity contribution in [2.75, 3.05) is 13.7 Å². The van der Waals surface area contributed by atoms with Crippen LogP contribution in [-0.2, 0) is 19.1 Å². The standard InChI is InChI=1S/C26H40O5/c1-5-6-7-8-9-10-19-30-24(27)26(2,3)25(28)31-23-17-13-21(14-18-23)20-11-15-22(29-4)16-12-20/h11-12,15-16,21,23H,5-10,13-14,17-19H2,1-4H3. The minimum absolute atomic E-state index is 0.132. The van der Waals surface area contributed by atoms with Gasteiger partial charge in [-0.2, -0.15) is 0 Å². The molecule has 5 heteroatoms. The van der Waals surface area contributed by atoms with Gasteiger partial charge in [-0.1, -0.05) is 51.2 Å². The summed E-state index contributed by atoms with van der Waals surface area (Å²) in [5.74, 6) is 0.361. The van der Waals surface area contributed by atoms with E-state index in [1.54, 1.807) is 21.0 Å². The van der Waals surface area contributed by atoms with E-state index in [1.165, 1.54) is 24.8 Å². The van der Waals surface area contributed by atoms with Gasteiger partial charge in [0.15, 0.2) is 5.41 Å².